The Hall–Kier alpha value is -1.40. The summed E-state index contributed by atoms with van der Waals surface area (Å²) in [5, 5.41) is 17.7. The Morgan fingerprint density at radius 3 is 2.74 bits per heavy atom. The lowest BCUT2D eigenvalue weighted by Crippen LogP contribution is -2.23. The second-order valence-electron chi connectivity index (χ2n) is 5.47. The number of aliphatic hydroxyl groups is 1. The zero-order valence-corrected chi connectivity index (χ0v) is 14.6. The van der Waals surface area contributed by atoms with E-state index in [1.54, 1.807) is 7.11 Å². The van der Waals surface area contributed by atoms with Crippen molar-refractivity contribution in [2.45, 2.75) is 33.0 Å². The van der Waals surface area contributed by atoms with Crippen LogP contribution in [-0.4, -0.2) is 35.1 Å². The molecule has 0 aliphatic heterocycles. The predicted molar refractivity (Wildman–Crippen MR) is 91.7 cm³/mol. The van der Waals surface area contributed by atoms with Gasteiger partial charge in [0.15, 0.2) is 0 Å². The summed E-state index contributed by atoms with van der Waals surface area (Å²) in [5.41, 5.74) is 4.20. The molecule has 0 bridgehead atoms. The van der Waals surface area contributed by atoms with Gasteiger partial charge in [0.2, 0.25) is 0 Å². The Balaban J connectivity index is 2.00. The zero-order chi connectivity index (χ0) is 16.8. The molecule has 1 heterocycles. The zero-order valence-electron chi connectivity index (χ0n) is 13.8. The molecule has 5 nitrogen and oxygen atoms in total. The van der Waals surface area contributed by atoms with Gasteiger partial charge in [-0.05, 0) is 19.9 Å². The normalized spacial score (nSPS) is 12.6. The molecule has 23 heavy (non-hydrogen) atoms. The standard InChI is InChI=1S/C17H24ClN3O2/c1-12-15(13(2)21(20-12)8-9-22)10-19-11-17(23-3)14-6-4-5-7-16(14)18/h4-7,17,19,22H,8-11H2,1-3H3. The lowest BCUT2D eigenvalue weighted by molar-refractivity contribution is 0.102. The van der Waals surface area contributed by atoms with Crippen molar-refractivity contribution < 1.29 is 9.84 Å². The predicted octanol–water partition coefficient (Wildman–Crippen LogP) is 2.62. The van der Waals surface area contributed by atoms with Gasteiger partial charge in [0.05, 0.1) is 24.9 Å². The number of hydrogen-bond donors (Lipinski definition) is 2. The minimum atomic E-state index is -0.100. The van der Waals surface area contributed by atoms with Crippen LogP contribution >= 0.6 is 11.6 Å². The molecule has 0 spiro atoms. The molecule has 1 atom stereocenters. The van der Waals surface area contributed by atoms with E-state index in [1.807, 2.05) is 42.8 Å². The first-order chi connectivity index (χ1) is 11.1. The highest BCUT2D eigenvalue weighted by molar-refractivity contribution is 6.31. The van der Waals surface area contributed by atoms with Gasteiger partial charge in [-0.25, -0.2) is 0 Å². The molecule has 1 aromatic heterocycles. The van der Waals surface area contributed by atoms with Crippen molar-refractivity contribution >= 4 is 11.6 Å². The van der Waals surface area contributed by atoms with Crippen LogP contribution in [0.15, 0.2) is 24.3 Å². The number of benzene rings is 1. The third-order valence-electron chi connectivity index (χ3n) is 4.01. The molecule has 2 aromatic rings. The third-order valence-corrected chi connectivity index (χ3v) is 4.36. The fourth-order valence-electron chi connectivity index (χ4n) is 2.69. The first kappa shape index (κ1) is 17.9. The summed E-state index contributed by atoms with van der Waals surface area (Å²) in [6, 6.07) is 7.72. The van der Waals surface area contributed by atoms with E-state index in [2.05, 4.69) is 10.4 Å². The van der Waals surface area contributed by atoms with E-state index in [0.717, 1.165) is 22.5 Å². The summed E-state index contributed by atoms with van der Waals surface area (Å²) < 4.78 is 7.40. The minimum Gasteiger partial charge on any atom is -0.394 e. The average molecular weight is 338 g/mol. The minimum absolute atomic E-state index is 0.0904. The fraction of sp³-hybridized carbons (Fsp3) is 0.471. The smallest absolute Gasteiger partial charge is 0.0959 e. The highest BCUT2D eigenvalue weighted by Crippen LogP contribution is 2.24. The molecule has 0 aliphatic carbocycles. The van der Waals surface area contributed by atoms with Crippen molar-refractivity contribution in [3.05, 3.63) is 51.8 Å². The molecular formula is C17H24ClN3O2. The second-order valence-corrected chi connectivity index (χ2v) is 5.88. The van der Waals surface area contributed by atoms with Crippen molar-refractivity contribution in [2.24, 2.45) is 0 Å². The molecule has 0 amide bonds. The summed E-state index contributed by atoms with van der Waals surface area (Å²) in [5.74, 6) is 0. The van der Waals surface area contributed by atoms with Crippen molar-refractivity contribution in [1.29, 1.82) is 0 Å². The SMILES string of the molecule is COC(CNCc1c(C)nn(CCO)c1C)c1ccccc1Cl. The van der Waals surface area contributed by atoms with Gasteiger partial charge >= 0.3 is 0 Å². The number of aryl methyl sites for hydroxylation is 1. The highest BCUT2D eigenvalue weighted by Gasteiger charge is 2.15. The van der Waals surface area contributed by atoms with Crippen molar-refractivity contribution in [3.8, 4) is 0 Å². The lowest BCUT2D eigenvalue weighted by atomic mass is 10.1. The average Bonchev–Trinajstić information content (AvgIpc) is 2.80. The first-order valence-corrected chi connectivity index (χ1v) is 8.08. The van der Waals surface area contributed by atoms with E-state index in [9.17, 15) is 0 Å². The molecular weight excluding hydrogens is 314 g/mol. The Bertz CT molecular complexity index is 643. The van der Waals surface area contributed by atoms with Crippen LogP contribution in [0, 0.1) is 13.8 Å². The van der Waals surface area contributed by atoms with E-state index >= 15 is 0 Å². The van der Waals surface area contributed by atoms with Crippen LogP contribution in [-0.2, 0) is 17.8 Å². The molecule has 0 saturated carbocycles. The Labute approximate surface area is 142 Å². The number of nitrogens with one attached hydrogen (secondary N) is 1. The monoisotopic (exact) mass is 337 g/mol. The molecule has 2 rings (SSSR count). The lowest BCUT2D eigenvalue weighted by Gasteiger charge is -2.18. The van der Waals surface area contributed by atoms with Gasteiger partial charge in [0.25, 0.3) is 0 Å². The number of halogens is 1. The van der Waals surface area contributed by atoms with Crippen LogP contribution < -0.4 is 5.32 Å². The van der Waals surface area contributed by atoms with Gasteiger partial charge in [0.1, 0.15) is 0 Å². The van der Waals surface area contributed by atoms with Crippen LogP contribution in [0.5, 0.6) is 0 Å². The maximum atomic E-state index is 9.07. The van der Waals surface area contributed by atoms with Gasteiger partial charge in [0, 0.05) is 42.0 Å². The van der Waals surface area contributed by atoms with Gasteiger partial charge in [-0.15, -0.1) is 0 Å². The molecule has 1 unspecified atom stereocenters. The van der Waals surface area contributed by atoms with Crippen LogP contribution in [0.1, 0.15) is 28.6 Å². The number of methoxy groups -OCH3 is 1. The van der Waals surface area contributed by atoms with Gasteiger partial charge in [-0.3, -0.25) is 4.68 Å². The van der Waals surface area contributed by atoms with Gasteiger partial charge < -0.3 is 15.2 Å². The molecule has 6 heteroatoms. The van der Waals surface area contributed by atoms with E-state index < -0.39 is 0 Å². The van der Waals surface area contributed by atoms with Crippen molar-refractivity contribution in [1.82, 2.24) is 15.1 Å². The van der Waals surface area contributed by atoms with E-state index in [4.69, 9.17) is 21.4 Å². The maximum absolute atomic E-state index is 9.07. The maximum Gasteiger partial charge on any atom is 0.0959 e. The van der Waals surface area contributed by atoms with Crippen LogP contribution in [0.4, 0.5) is 0 Å². The number of hydrogen-bond acceptors (Lipinski definition) is 4. The van der Waals surface area contributed by atoms with Crippen molar-refractivity contribution in [3.63, 3.8) is 0 Å². The number of nitrogens with zero attached hydrogens (tertiary/aromatic N) is 2. The molecule has 2 N–H and O–H groups in total. The quantitative estimate of drug-likeness (QED) is 0.777. The van der Waals surface area contributed by atoms with Crippen LogP contribution in [0.3, 0.4) is 0 Å². The van der Waals surface area contributed by atoms with Gasteiger partial charge in [-0.1, -0.05) is 29.8 Å². The molecule has 0 radical (unpaired) electrons. The topological polar surface area (TPSA) is 59.3 Å². The number of aliphatic hydroxyl groups excluding tert-OH is 1. The largest absolute Gasteiger partial charge is 0.394 e. The molecule has 0 fully saturated rings. The van der Waals surface area contributed by atoms with E-state index in [-0.39, 0.29) is 12.7 Å². The highest BCUT2D eigenvalue weighted by atomic mass is 35.5. The van der Waals surface area contributed by atoms with Crippen LogP contribution in [0.2, 0.25) is 5.02 Å². The summed E-state index contributed by atoms with van der Waals surface area (Å²) in [7, 11) is 1.69. The fourth-order valence-corrected chi connectivity index (χ4v) is 2.94. The van der Waals surface area contributed by atoms with Crippen LogP contribution in [0.25, 0.3) is 0 Å². The Morgan fingerprint density at radius 2 is 2.09 bits per heavy atom. The van der Waals surface area contributed by atoms with E-state index in [1.165, 1.54) is 0 Å². The Morgan fingerprint density at radius 1 is 1.35 bits per heavy atom. The number of aromatic nitrogens is 2. The molecule has 0 saturated heterocycles. The van der Waals surface area contributed by atoms with Gasteiger partial charge in [-0.2, -0.15) is 5.10 Å². The number of ether oxygens (including phenoxy) is 1. The molecule has 0 aliphatic rings. The van der Waals surface area contributed by atoms with Crippen molar-refractivity contribution in [2.75, 3.05) is 20.3 Å². The summed E-state index contributed by atoms with van der Waals surface area (Å²) in [6.45, 7) is 5.98. The molecule has 126 valence electrons. The van der Waals surface area contributed by atoms with E-state index in [0.29, 0.717) is 24.7 Å². The second kappa shape index (κ2) is 8.45. The Kier molecular flexibility index (Phi) is 6.59. The summed E-state index contributed by atoms with van der Waals surface area (Å²) in [4.78, 5) is 0. The summed E-state index contributed by atoms with van der Waals surface area (Å²) >= 11 is 6.24. The summed E-state index contributed by atoms with van der Waals surface area (Å²) in [6.07, 6.45) is -0.100. The third kappa shape index (κ3) is 4.32. The number of rotatable bonds is 8. The molecule has 1 aromatic carbocycles. The first-order valence-electron chi connectivity index (χ1n) is 7.70.